The van der Waals surface area contributed by atoms with E-state index in [0.29, 0.717) is 0 Å². The number of benzene rings is 2. The summed E-state index contributed by atoms with van der Waals surface area (Å²) in [6, 6.07) is 8.23. The van der Waals surface area contributed by atoms with Crippen molar-refractivity contribution in [3.63, 3.8) is 0 Å². The van der Waals surface area contributed by atoms with E-state index in [9.17, 15) is 13.2 Å². The molecule has 0 aliphatic heterocycles. The SMILES string of the molecule is CC(c1ccccc1F)c1c(N)ccc(F)c1F. The Bertz CT molecular complexity index is 581. The molecule has 0 saturated heterocycles. The summed E-state index contributed by atoms with van der Waals surface area (Å²) in [5.41, 5.74) is 6.04. The van der Waals surface area contributed by atoms with Crippen LogP contribution in [0.25, 0.3) is 0 Å². The number of rotatable bonds is 2. The molecule has 1 unspecified atom stereocenters. The molecule has 0 aromatic heterocycles. The zero-order chi connectivity index (χ0) is 13.3. The topological polar surface area (TPSA) is 26.0 Å². The molecule has 0 aliphatic carbocycles. The van der Waals surface area contributed by atoms with E-state index >= 15 is 0 Å². The van der Waals surface area contributed by atoms with Crippen LogP contribution in [0.5, 0.6) is 0 Å². The molecule has 0 radical (unpaired) electrons. The molecular formula is C14H12F3N. The van der Waals surface area contributed by atoms with Gasteiger partial charge in [0.25, 0.3) is 0 Å². The van der Waals surface area contributed by atoms with Gasteiger partial charge >= 0.3 is 0 Å². The number of hydrogen-bond donors (Lipinski definition) is 1. The van der Waals surface area contributed by atoms with Gasteiger partial charge in [-0.25, -0.2) is 13.2 Å². The maximum absolute atomic E-state index is 13.8. The van der Waals surface area contributed by atoms with Crippen LogP contribution < -0.4 is 5.73 Å². The van der Waals surface area contributed by atoms with Gasteiger partial charge in [0, 0.05) is 17.2 Å². The maximum atomic E-state index is 13.8. The van der Waals surface area contributed by atoms with E-state index in [1.54, 1.807) is 13.0 Å². The summed E-state index contributed by atoms with van der Waals surface area (Å²) in [5, 5.41) is 0. The first kappa shape index (κ1) is 12.5. The Morgan fingerprint density at radius 2 is 1.61 bits per heavy atom. The smallest absolute Gasteiger partial charge is 0.164 e. The first-order valence-corrected chi connectivity index (χ1v) is 5.50. The Kier molecular flexibility index (Phi) is 3.28. The molecule has 2 aromatic rings. The van der Waals surface area contributed by atoms with Crippen LogP contribution in [-0.4, -0.2) is 0 Å². The van der Waals surface area contributed by atoms with Gasteiger partial charge in [0.05, 0.1) is 0 Å². The molecule has 94 valence electrons. The van der Waals surface area contributed by atoms with Crippen LogP contribution in [0.2, 0.25) is 0 Å². The molecule has 1 atom stereocenters. The van der Waals surface area contributed by atoms with Crippen molar-refractivity contribution in [1.29, 1.82) is 0 Å². The van der Waals surface area contributed by atoms with E-state index in [4.69, 9.17) is 5.73 Å². The molecule has 4 heteroatoms. The standard InChI is InChI=1S/C14H12F3N/c1-8(9-4-2-3-5-10(9)15)13-12(18)7-6-11(16)14(13)17/h2-8H,18H2,1H3. The Morgan fingerprint density at radius 1 is 0.944 bits per heavy atom. The zero-order valence-corrected chi connectivity index (χ0v) is 9.75. The summed E-state index contributed by atoms with van der Waals surface area (Å²) in [5.74, 6) is -3.12. The summed E-state index contributed by atoms with van der Waals surface area (Å²) < 4.78 is 40.6. The molecule has 0 saturated carbocycles. The highest BCUT2D eigenvalue weighted by Gasteiger charge is 2.21. The third-order valence-electron chi connectivity index (χ3n) is 2.97. The van der Waals surface area contributed by atoms with Crippen molar-refractivity contribution in [3.8, 4) is 0 Å². The summed E-state index contributed by atoms with van der Waals surface area (Å²) in [6.45, 7) is 1.59. The third kappa shape index (κ3) is 2.06. The highest BCUT2D eigenvalue weighted by atomic mass is 19.2. The molecule has 2 aromatic carbocycles. The largest absolute Gasteiger partial charge is 0.398 e. The first-order valence-electron chi connectivity index (χ1n) is 5.50. The number of nitrogens with two attached hydrogens (primary N) is 1. The second-order valence-electron chi connectivity index (χ2n) is 4.11. The monoisotopic (exact) mass is 251 g/mol. The van der Waals surface area contributed by atoms with E-state index < -0.39 is 23.4 Å². The van der Waals surface area contributed by atoms with Gasteiger partial charge in [0.15, 0.2) is 11.6 Å². The Hall–Kier alpha value is -1.97. The molecule has 0 heterocycles. The molecule has 0 amide bonds. The van der Waals surface area contributed by atoms with Crippen molar-refractivity contribution in [3.05, 3.63) is 65.0 Å². The lowest BCUT2D eigenvalue weighted by atomic mass is 9.91. The average molecular weight is 251 g/mol. The predicted molar refractivity (Wildman–Crippen MR) is 64.7 cm³/mol. The summed E-state index contributed by atoms with van der Waals surface area (Å²) in [6.07, 6.45) is 0. The predicted octanol–water partition coefficient (Wildman–Crippen LogP) is 3.84. The van der Waals surface area contributed by atoms with Gasteiger partial charge in [-0.05, 0) is 23.8 Å². The molecule has 1 nitrogen and oxygen atoms in total. The number of anilines is 1. The molecule has 2 rings (SSSR count). The van der Waals surface area contributed by atoms with Gasteiger partial charge in [-0.2, -0.15) is 0 Å². The average Bonchev–Trinajstić information content (AvgIpc) is 2.35. The maximum Gasteiger partial charge on any atom is 0.164 e. The number of hydrogen-bond acceptors (Lipinski definition) is 1. The van der Waals surface area contributed by atoms with Crippen LogP contribution in [0.1, 0.15) is 24.0 Å². The van der Waals surface area contributed by atoms with Crippen molar-refractivity contribution >= 4 is 5.69 Å². The quantitative estimate of drug-likeness (QED) is 0.806. The molecule has 2 N–H and O–H groups in total. The number of halogens is 3. The minimum atomic E-state index is -1.02. The summed E-state index contributed by atoms with van der Waals surface area (Å²) in [7, 11) is 0. The van der Waals surface area contributed by atoms with Crippen LogP contribution in [0, 0.1) is 17.5 Å². The van der Waals surface area contributed by atoms with Crippen LogP contribution in [-0.2, 0) is 0 Å². The fourth-order valence-corrected chi connectivity index (χ4v) is 2.00. The number of nitrogen functional groups attached to an aromatic ring is 1. The Labute approximate surface area is 103 Å². The van der Waals surface area contributed by atoms with Crippen molar-refractivity contribution in [2.75, 3.05) is 5.73 Å². The minimum Gasteiger partial charge on any atom is -0.398 e. The van der Waals surface area contributed by atoms with Gasteiger partial charge < -0.3 is 5.73 Å². The second-order valence-corrected chi connectivity index (χ2v) is 4.11. The fraction of sp³-hybridized carbons (Fsp3) is 0.143. The van der Waals surface area contributed by atoms with E-state index in [-0.39, 0.29) is 16.8 Å². The minimum absolute atomic E-state index is 0.0138. The van der Waals surface area contributed by atoms with E-state index in [0.717, 1.165) is 6.07 Å². The van der Waals surface area contributed by atoms with Crippen molar-refractivity contribution < 1.29 is 13.2 Å². The highest BCUT2D eigenvalue weighted by molar-refractivity contribution is 5.52. The van der Waals surface area contributed by atoms with E-state index in [2.05, 4.69) is 0 Å². The lowest BCUT2D eigenvalue weighted by molar-refractivity contribution is 0.495. The molecule has 0 fully saturated rings. The summed E-state index contributed by atoms with van der Waals surface area (Å²) in [4.78, 5) is 0. The van der Waals surface area contributed by atoms with Gasteiger partial charge in [0.2, 0.25) is 0 Å². The van der Waals surface area contributed by atoms with Crippen molar-refractivity contribution in [2.24, 2.45) is 0 Å². The van der Waals surface area contributed by atoms with Gasteiger partial charge in [-0.15, -0.1) is 0 Å². The first-order chi connectivity index (χ1) is 8.52. The second kappa shape index (κ2) is 4.72. The molecule has 18 heavy (non-hydrogen) atoms. The third-order valence-corrected chi connectivity index (χ3v) is 2.97. The Morgan fingerprint density at radius 3 is 2.28 bits per heavy atom. The fourth-order valence-electron chi connectivity index (χ4n) is 2.00. The lowest BCUT2D eigenvalue weighted by Gasteiger charge is -2.16. The lowest BCUT2D eigenvalue weighted by Crippen LogP contribution is -2.07. The van der Waals surface area contributed by atoms with Crippen LogP contribution in [0.15, 0.2) is 36.4 Å². The highest BCUT2D eigenvalue weighted by Crippen LogP contribution is 2.32. The molecule has 0 spiro atoms. The molecule has 0 bridgehead atoms. The normalized spacial score (nSPS) is 12.4. The molecule has 0 aliphatic rings. The van der Waals surface area contributed by atoms with Gasteiger partial charge in [-0.1, -0.05) is 25.1 Å². The van der Waals surface area contributed by atoms with Gasteiger partial charge in [-0.3, -0.25) is 0 Å². The molecular weight excluding hydrogens is 239 g/mol. The zero-order valence-electron chi connectivity index (χ0n) is 9.75. The van der Waals surface area contributed by atoms with E-state index in [1.165, 1.54) is 24.3 Å². The van der Waals surface area contributed by atoms with Crippen LogP contribution in [0.4, 0.5) is 18.9 Å². The van der Waals surface area contributed by atoms with Crippen molar-refractivity contribution in [2.45, 2.75) is 12.8 Å². The van der Waals surface area contributed by atoms with Crippen LogP contribution >= 0.6 is 0 Å². The summed E-state index contributed by atoms with van der Waals surface area (Å²) >= 11 is 0. The van der Waals surface area contributed by atoms with Crippen LogP contribution in [0.3, 0.4) is 0 Å². The Balaban J connectivity index is 2.56. The van der Waals surface area contributed by atoms with Gasteiger partial charge in [0.1, 0.15) is 5.82 Å². The van der Waals surface area contributed by atoms with E-state index in [1.807, 2.05) is 0 Å². The van der Waals surface area contributed by atoms with Crippen molar-refractivity contribution in [1.82, 2.24) is 0 Å².